The van der Waals surface area contributed by atoms with Gasteiger partial charge < -0.3 is 25.0 Å². The first-order chi connectivity index (χ1) is 17.4. The highest BCUT2D eigenvalue weighted by atomic mass is 19.1. The molecule has 0 unspecified atom stereocenters. The summed E-state index contributed by atoms with van der Waals surface area (Å²) in [5, 5.41) is 5.77. The minimum absolute atomic E-state index is 0.0116. The minimum Gasteiger partial charge on any atom is -0.490 e. The third-order valence-electron chi connectivity index (χ3n) is 7.24. The Balaban J connectivity index is 1.26. The predicted molar refractivity (Wildman–Crippen MR) is 130 cm³/mol. The Kier molecular flexibility index (Phi) is 6.91. The van der Waals surface area contributed by atoms with Crippen LogP contribution in [-0.2, 0) is 9.53 Å². The van der Waals surface area contributed by atoms with E-state index >= 15 is 0 Å². The molecule has 1 aliphatic carbocycles. The standard InChI is InChI=1S/C27H30FN3O5/c1-31-22-10-9-20(14-25(32)29-18-6-3-7-18)36-24(22)15-35-23-11-8-19(13-21(23)27(31)34)30-26(33)16-4-2-5-17(28)12-16/h2,4-5,8,11-13,18,20,22,24H,3,6-7,9-10,14-15H2,1H3,(H,29,32)(H,30,33)/t20-,22+,24-/m1/s1. The second kappa shape index (κ2) is 10.3. The van der Waals surface area contributed by atoms with Crippen molar-refractivity contribution in [2.45, 2.75) is 62.8 Å². The Morgan fingerprint density at radius 1 is 1.11 bits per heavy atom. The van der Waals surface area contributed by atoms with Crippen molar-refractivity contribution in [1.29, 1.82) is 0 Å². The van der Waals surface area contributed by atoms with E-state index in [2.05, 4.69) is 10.6 Å². The van der Waals surface area contributed by atoms with Crippen LogP contribution in [0.25, 0.3) is 0 Å². The number of nitrogens with one attached hydrogen (secondary N) is 2. The molecule has 2 N–H and O–H groups in total. The fourth-order valence-electron chi connectivity index (χ4n) is 4.98. The Hall–Kier alpha value is -3.46. The van der Waals surface area contributed by atoms with Gasteiger partial charge in [0.25, 0.3) is 11.8 Å². The summed E-state index contributed by atoms with van der Waals surface area (Å²) >= 11 is 0. The van der Waals surface area contributed by atoms with Crippen LogP contribution in [0, 0.1) is 5.82 Å². The van der Waals surface area contributed by atoms with Crippen molar-refractivity contribution in [1.82, 2.24) is 10.2 Å². The smallest absolute Gasteiger partial charge is 0.257 e. The average Bonchev–Trinajstić information content (AvgIpc) is 2.84. The normalized spacial score (nSPS) is 23.8. The molecule has 2 aromatic rings. The van der Waals surface area contributed by atoms with Gasteiger partial charge in [0.2, 0.25) is 5.91 Å². The third kappa shape index (κ3) is 5.21. The van der Waals surface area contributed by atoms with E-state index in [9.17, 15) is 18.8 Å². The number of carbonyl (C=O) groups is 3. The largest absolute Gasteiger partial charge is 0.490 e. The van der Waals surface area contributed by atoms with E-state index in [1.54, 1.807) is 30.1 Å². The van der Waals surface area contributed by atoms with Gasteiger partial charge in [0.15, 0.2) is 0 Å². The van der Waals surface area contributed by atoms with Crippen LogP contribution in [0.4, 0.5) is 10.1 Å². The number of hydrogen-bond donors (Lipinski definition) is 2. The highest BCUT2D eigenvalue weighted by Gasteiger charge is 2.39. The lowest BCUT2D eigenvalue weighted by Crippen LogP contribution is -2.54. The maximum absolute atomic E-state index is 13.5. The molecule has 2 fully saturated rings. The molecule has 0 spiro atoms. The Labute approximate surface area is 209 Å². The molecule has 1 saturated heterocycles. The zero-order valence-electron chi connectivity index (χ0n) is 20.2. The maximum Gasteiger partial charge on any atom is 0.257 e. The van der Waals surface area contributed by atoms with E-state index in [-0.39, 0.29) is 42.2 Å². The monoisotopic (exact) mass is 495 g/mol. The van der Waals surface area contributed by atoms with Gasteiger partial charge >= 0.3 is 0 Å². The van der Waals surface area contributed by atoms with E-state index in [1.165, 1.54) is 18.2 Å². The van der Waals surface area contributed by atoms with Crippen LogP contribution in [0.5, 0.6) is 5.75 Å². The molecule has 2 aromatic carbocycles. The fourth-order valence-corrected chi connectivity index (χ4v) is 4.98. The number of rotatable bonds is 5. The van der Waals surface area contributed by atoms with Crippen LogP contribution in [-0.4, -0.2) is 60.6 Å². The summed E-state index contributed by atoms with van der Waals surface area (Å²) in [7, 11) is 1.74. The molecule has 2 aliphatic heterocycles. The fraction of sp³-hybridized carbons (Fsp3) is 0.444. The Bertz CT molecular complexity index is 1170. The lowest BCUT2D eigenvalue weighted by atomic mass is 9.92. The number of ether oxygens (including phenoxy) is 2. The third-order valence-corrected chi connectivity index (χ3v) is 7.24. The summed E-state index contributed by atoms with van der Waals surface area (Å²) in [5.74, 6) is -0.821. The summed E-state index contributed by atoms with van der Waals surface area (Å²) < 4.78 is 25.7. The molecule has 2 heterocycles. The molecule has 3 amide bonds. The van der Waals surface area contributed by atoms with Crippen molar-refractivity contribution in [3.63, 3.8) is 0 Å². The summed E-state index contributed by atoms with van der Waals surface area (Å²) in [5.41, 5.74) is 0.914. The number of carbonyl (C=O) groups excluding carboxylic acids is 3. The number of likely N-dealkylation sites (N-methyl/N-ethyl adjacent to an activating group) is 1. The van der Waals surface area contributed by atoms with E-state index in [4.69, 9.17) is 9.47 Å². The molecule has 1 saturated carbocycles. The highest BCUT2D eigenvalue weighted by Crippen LogP contribution is 2.32. The molecule has 9 heteroatoms. The van der Waals surface area contributed by atoms with E-state index < -0.39 is 11.7 Å². The summed E-state index contributed by atoms with van der Waals surface area (Å²) in [6.45, 7) is 0.241. The lowest BCUT2D eigenvalue weighted by Gasteiger charge is -2.42. The van der Waals surface area contributed by atoms with Crippen LogP contribution >= 0.6 is 0 Å². The van der Waals surface area contributed by atoms with Crippen molar-refractivity contribution < 1.29 is 28.2 Å². The quantitative estimate of drug-likeness (QED) is 0.662. The van der Waals surface area contributed by atoms with Crippen LogP contribution in [0.15, 0.2) is 42.5 Å². The van der Waals surface area contributed by atoms with Gasteiger partial charge in [-0.1, -0.05) is 6.07 Å². The second-order valence-electron chi connectivity index (χ2n) is 9.74. The van der Waals surface area contributed by atoms with Crippen molar-refractivity contribution in [3.8, 4) is 5.75 Å². The maximum atomic E-state index is 13.5. The first kappa shape index (κ1) is 24.2. The molecule has 0 radical (unpaired) electrons. The molecular weight excluding hydrogens is 465 g/mol. The summed E-state index contributed by atoms with van der Waals surface area (Å²) in [6.07, 6.45) is 4.36. The van der Waals surface area contributed by atoms with E-state index in [0.717, 1.165) is 25.3 Å². The lowest BCUT2D eigenvalue weighted by molar-refractivity contribution is -0.135. The topological polar surface area (TPSA) is 97.0 Å². The number of hydrogen-bond acceptors (Lipinski definition) is 5. The molecule has 190 valence electrons. The number of fused-ring (bicyclic) bond motifs is 2. The molecule has 5 rings (SSSR count). The zero-order chi connectivity index (χ0) is 25.2. The first-order valence-corrected chi connectivity index (χ1v) is 12.4. The van der Waals surface area contributed by atoms with Crippen LogP contribution in [0.1, 0.15) is 59.2 Å². The molecule has 0 aromatic heterocycles. The molecule has 36 heavy (non-hydrogen) atoms. The van der Waals surface area contributed by atoms with Crippen molar-refractivity contribution in [2.75, 3.05) is 19.0 Å². The number of benzene rings is 2. The van der Waals surface area contributed by atoms with Gasteiger partial charge in [-0.2, -0.15) is 0 Å². The van der Waals surface area contributed by atoms with Gasteiger partial charge in [0.1, 0.15) is 24.3 Å². The Morgan fingerprint density at radius 2 is 1.94 bits per heavy atom. The molecule has 8 nitrogen and oxygen atoms in total. The zero-order valence-corrected chi connectivity index (χ0v) is 20.2. The van der Waals surface area contributed by atoms with Crippen LogP contribution < -0.4 is 15.4 Å². The van der Waals surface area contributed by atoms with E-state index in [0.29, 0.717) is 42.3 Å². The van der Waals surface area contributed by atoms with Crippen molar-refractivity contribution in [2.24, 2.45) is 0 Å². The van der Waals surface area contributed by atoms with Gasteiger partial charge in [0.05, 0.1) is 24.1 Å². The van der Waals surface area contributed by atoms with E-state index in [1.807, 2.05) is 0 Å². The molecule has 0 bridgehead atoms. The highest BCUT2D eigenvalue weighted by molar-refractivity contribution is 6.05. The number of amides is 3. The first-order valence-electron chi connectivity index (χ1n) is 12.4. The Morgan fingerprint density at radius 3 is 2.69 bits per heavy atom. The second-order valence-corrected chi connectivity index (χ2v) is 9.74. The minimum atomic E-state index is -0.503. The van der Waals surface area contributed by atoms with Gasteiger partial charge in [0, 0.05) is 24.3 Å². The molecule has 3 atom stereocenters. The van der Waals surface area contributed by atoms with Crippen molar-refractivity contribution >= 4 is 23.4 Å². The van der Waals surface area contributed by atoms with Gasteiger partial charge in [-0.25, -0.2) is 4.39 Å². The van der Waals surface area contributed by atoms with Gasteiger partial charge in [-0.15, -0.1) is 0 Å². The average molecular weight is 496 g/mol. The van der Waals surface area contributed by atoms with Crippen LogP contribution in [0.2, 0.25) is 0 Å². The SMILES string of the molecule is CN1C(=O)c2cc(NC(=O)c3cccc(F)c3)ccc2OC[C@H]2O[C@@H](CC(=O)NC3CCC3)CC[C@@H]21. The van der Waals surface area contributed by atoms with Gasteiger partial charge in [-0.05, 0) is 68.5 Å². The number of halogens is 1. The number of nitrogens with zero attached hydrogens (tertiary/aromatic N) is 1. The predicted octanol–water partition coefficient (Wildman–Crippen LogP) is 3.52. The summed E-state index contributed by atoms with van der Waals surface area (Å²) in [4.78, 5) is 39.9. The van der Waals surface area contributed by atoms with Crippen molar-refractivity contribution in [3.05, 3.63) is 59.4 Å². The number of anilines is 1. The van der Waals surface area contributed by atoms with Gasteiger partial charge in [-0.3, -0.25) is 14.4 Å². The summed E-state index contributed by atoms with van der Waals surface area (Å²) in [6, 6.07) is 10.3. The molecule has 3 aliphatic rings. The van der Waals surface area contributed by atoms with Crippen LogP contribution in [0.3, 0.4) is 0 Å². The molecular formula is C27H30FN3O5.